The molecule has 0 saturated carbocycles. The van der Waals surface area contributed by atoms with E-state index in [1.54, 1.807) is 24.1 Å². The normalized spacial score (nSPS) is 14.7. The van der Waals surface area contributed by atoms with Crippen molar-refractivity contribution in [3.63, 3.8) is 0 Å². The molecule has 1 saturated heterocycles. The molecule has 0 aliphatic carbocycles. The number of ether oxygens (including phenoxy) is 1. The maximum absolute atomic E-state index is 12.5. The minimum atomic E-state index is -0.0650. The van der Waals surface area contributed by atoms with Gasteiger partial charge in [-0.15, -0.1) is 0 Å². The Hall–Kier alpha value is -3.46. The van der Waals surface area contributed by atoms with Crippen LogP contribution in [0.4, 0.5) is 0 Å². The van der Waals surface area contributed by atoms with E-state index in [4.69, 9.17) is 9.26 Å². The van der Waals surface area contributed by atoms with Gasteiger partial charge in [-0.25, -0.2) is 0 Å². The number of carbonyl (C=O) groups excluding carboxylic acids is 1. The van der Waals surface area contributed by atoms with Crippen molar-refractivity contribution in [2.45, 2.75) is 6.54 Å². The van der Waals surface area contributed by atoms with Crippen molar-refractivity contribution in [2.24, 2.45) is 0 Å². The molecule has 29 heavy (non-hydrogen) atoms. The van der Waals surface area contributed by atoms with E-state index in [-0.39, 0.29) is 5.91 Å². The van der Waals surface area contributed by atoms with Crippen molar-refractivity contribution >= 4 is 5.91 Å². The number of rotatable bonds is 5. The highest BCUT2D eigenvalue weighted by Gasteiger charge is 2.24. The highest BCUT2D eigenvalue weighted by atomic mass is 16.5. The lowest BCUT2D eigenvalue weighted by atomic mass is 10.2. The van der Waals surface area contributed by atoms with Gasteiger partial charge in [0.1, 0.15) is 5.75 Å². The number of carbonyl (C=O) groups is 1. The van der Waals surface area contributed by atoms with Crippen LogP contribution in [0.15, 0.2) is 53.3 Å². The van der Waals surface area contributed by atoms with Crippen LogP contribution >= 0.6 is 0 Å². The predicted molar refractivity (Wildman–Crippen MR) is 103 cm³/mol. The summed E-state index contributed by atoms with van der Waals surface area (Å²) in [5, 5.41) is 15.2. The van der Waals surface area contributed by atoms with Crippen LogP contribution in [0.1, 0.15) is 16.2 Å². The minimum Gasteiger partial charge on any atom is -0.619 e. The molecule has 3 aromatic rings. The smallest absolute Gasteiger partial charge is 0.254 e. The number of aromatic nitrogens is 3. The number of hydrogen-bond acceptors (Lipinski definition) is 7. The van der Waals surface area contributed by atoms with Crippen LogP contribution in [-0.2, 0) is 6.54 Å². The highest BCUT2D eigenvalue weighted by molar-refractivity contribution is 5.94. The lowest BCUT2D eigenvalue weighted by Gasteiger charge is -2.33. The number of pyridine rings is 1. The Morgan fingerprint density at radius 2 is 1.83 bits per heavy atom. The van der Waals surface area contributed by atoms with Gasteiger partial charge in [0.25, 0.3) is 5.91 Å². The van der Waals surface area contributed by atoms with Crippen LogP contribution in [0.2, 0.25) is 0 Å². The van der Waals surface area contributed by atoms with E-state index < -0.39 is 0 Å². The fourth-order valence-electron chi connectivity index (χ4n) is 3.21. The van der Waals surface area contributed by atoms with E-state index in [1.807, 2.05) is 24.3 Å². The maximum Gasteiger partial charge on any atom is 0.254 e. The second kappa shape index (κ2) is 8.27. The molecule has 1 aliphatic heterocycles. The van der Waals surface area contributed by atoms with Gasteiger partial charge in [-0.1, -0.05) is 5.16 Å². The van der Waals surface area contributed by atoms with Crippen LogP contribution in [0, 0.1) is 5.21 Å². The molecule has 1 aromatic carbocycles. The summed E-state index contributed by atoms with van der Waals surface area (Å²) in [6, 6.07) is 10.6. The number of hydrogen-bond donors (Lipinski definition) is 0. The molecule has 2 aromatic heterocycles. The monoisotopic (exact) mass is 395 g/mol. The molecule has 0 spiro atoms. The summed E-state index contributed by atoms with van der Waals surface area (Å²) >= 11 is 0. The highest BCUT2D eigenvalue weighted by Crippen LogP contribution is 2.20. The third-order valence-electron chi connectivity index (χ3n) is 4.88. The maximum atomic E-state index is 12.5. The minimum absolute atomic E-state index is 0.0650. The molecule has 0 unspecified atom stereocenters. The summed E-state index contributed by atoms with van der Waals surface area (Å²) in [6.45, 7) is 3.16. The molecule has 9 nitrogen and oxygen atoms in total. The van der Waals surface area contributed by atoms with Crippen molar-refractivity contribution in [1.29, 1.82) is 0 Å². The average molecular weight is 395 g/mol. The van der Waals surface area contributed by atoms with Gasteiger partial charge in [0.05, 0.1) is 19.2 Å². The second-order valence-corrected chi connectivity index (χ2v) is 6.76. The second-order valence-electron chi connectivity index (χ2n) is 6.76. The predicted octanol–water partition coefficient (Wildman–Crippen LogP) is 1.34. The first-order chi connectivity index (χ1) is 14.1. The molecule has 4 rings (SSSR count). The first-order valence-electron chi connectivity index (χ1n) is 9.30. The summed E-state index contributed by atoms with van der Waals surface area (Å²) in [6.07, 6.45) is 2.67. The Kier molecular flexibility index (Phi) is 5.39. The van der Waals surface area contributed by atoms with Gasteiger partial charge in [-0.05, 0) is 24.3 Å². The van der Waals surface area contributed by atoms with Crippen LogP contribution in [0.3, 0.4) is 0 Å². The first kappa shape index (κ1) is 18.9. The van der Waals surface area contributed by atoms with Gasteiger partial charge in [0.2, 0.25) is 11.7 Å². The number of benzene rings is 1. The summed E-state index contributed by atoms with van der Waals surface area (Å²) in [7, 11) is 1.62. The molecule has 1 aliphatic rings. The summed E-state index contributed by atoms with van der Waals surface area (Å²) < 4.78 is 11.2. The zero-order valence-electron chi connectivity index (χ0n) is 16.0. The SMILES string of the molecule is COc1ccc(-c2noc(CN3CCN(C(=O)c4cc[n+]([O-])cc4)CC3)n2)cc1. The molecule has 0 radical (unpaired) electrons. The fourth-order valence-corrected chi connectivity index (χ4v) is 3.21. The van der Waals surface area contributed by atoms with E-state index >= 15 is 0 Å². The van der Waals surface area contributed by atoms with Crippen molar-refractivity contribution in [3.8, 4) is 17.1 Å². The van der Waals surface area contributed by atoms with E-state index in [1.165, 1.54) is 12.4 Å². The van der Waals surface area contributed by atoms with Gasteiger partial charge in [0, 0.05) is 43.9 Å². The lowest BCUT2D eigenvalue weighted by Crippen LogP contribution is -2.48. The van der Waals surface area contributed by atoms with Gasteiger partial charge in [-0.2, -0.15) is 9.71 Å². The van der Waals surface area contributed by atoms with Crippen LogP contribution < -0.4 is 9.47 Å². The molecule has 150 valence electrons. The summed E-state index contributed by atoms with van der Waals surface area (Å²) in [5.74, 6) is 1.78. The topological polar surface area (TPSA) is 98.6 Å². The Labute approximate surface area is 167 Å². The Morgan fingerprint density at radius 3 is 2.48 bits per heavy atom. The zero-order valence-corrected chi connectivity index (χ0v) is 16.0. The van der Waals surface area contributed by atoms with Gasteiger partial charge < -0.3 is 19.4 Å². The molecule has 3 heterocycles. The summed E-state index contributed by atoms with van der Waals surface area (Å²) in [5.41, 5.74) is 1.38. The number of methoxy groups -OCH3 is 1. The Bertz CT molecular complexity index is 963. The molecule has 1 amide bonds. The van der Waals surface area contributed by atoms with Crippen molar-refractivity contribution in [3.05, 3.63) is 65.5 Å². The Morgan fingerprint density at radius 1 is 1.14 bits per heavy atom. The van der Waals surface area contributed by atoms with Crippen molar-refractivity contribution < 1.29 is 18.8 Å². The van der Waals surface area contributed by atoms with Crippen LogP contribution in [-0.4, -0.2) is 59.1 Å². The quantitative estimate of drug-likeness (QED) is 0.475. The third kappa shape index (κ3) is 4.35. The van der Waals surface area contributed by atoms with Crippen molar-refractivity contribution in [1.82, 2.24) is 19.9 Å². The lowest BCUT2D eigenvalue weighted by molar-refractivity contribution is -0.605. The molecule has 0 atom stereocenters. The van der Waals surface area contributed by atoms with E-state index in [2.05, 4.69) is 15.0 Å². The van der Waals surface area contributed by atoms with E-state index in [0.29, 0.717) is 54.7 Å². The standard InChI is InChI=1S/C20H21N5O4/c1-28-17-4-2-15(3-5-17)19-21-18(29-22-19)14-23-10-12-24(13-11-23)20(26)16-6-8-25(27)9-7-16/h2-9H,10-14H2,1H3. The number of amides is 1. The van der Waals surface area contributed by atoms with Crippen LogP contribution in [0.5, 0.6) is 5.75 Å². The van der Waals surface area contributed by atoms with E-state index in [0.717, 1.165) is 11.3 Å². The number of piperazine rings is 1. The van der Waals surface area contributed by atoms with Gasteiger partial charge in [-0.3, -0.25) is 9.69 Å². The van der Waals surface area contributed by atoms with Crippen molar-refractivity contribution in [2.75, 3.05) is 33.3 Å². The number of nitrogens with zero attached hydrogens (tertiary/aromatic N) is 5. The first-order valence-corrected chi connectivity index (χ1v) is 9.30. The Balaban J connectivity index is 1.32. The zero-order chi connectivity index (χ0) is 20.2. The molecule has 0 N–H and O–H groups in total. The molecule has 1 fully saturated rings. The molecular formula is C20H21N5O4. The molecular weight excluding hydrogens is 374 g/mol. The summed E-state index contributed by atoms with van der Waals surface area (Å²) in [4.78, 5) is 21.0. The van der Waals surface area contributed by atoms with Gasteiger partial charge >= 0.3 is 0 Å². The largest absolute Gasteiger partial charge is 0.619 e. The van der Waals surface area contributed by atoms with Crippen LogP contribution in [0.25, 0.3) is 11.4 Å². The molecule has 9 heteroatoms. The fraction of sp³-hybridized carbons (Fsp3) is 0.300. The third-order valence-corrected chi connectivity index (χ3v) is 4.88. The molecule has 0 bridgehead atoms. The van der Waals surface area contributed by atoms with E-state index in [9.17, 15) is 10.0 Å². The van der Waals surface area contributed by atoms with Gasteiger partial charge in [0.15, 0.2) is 12.4 Å². The average Bonchev–Trinajstić information content (AvgIpc) is 3.23.